The summed E-state index contributed by atoms with van der Waals surface area (Å²) in [6.07, 6.45) is 0. The Morgan fingerprint density at radius 3 is 2.41 bits per heavy atom. The second kappa shape index (κ2) is 6.34. The Morgan fingerprint density at radius 1 is 0.909 bits per heavy atom. The first-order valence-corrected chi connectivity index (χ1v) is 7.51. The molecule has 0 aliphatic carbocycles. The summed E-state index contributed by atoms with van der Waals surface area (Å²) in [5, 5.41) is 4.24. The van der Waals surface area contributed by atoms with Crippen molar-refractivity contribution in [3.05, 3.63) is 70.3 Å². The van der Waals surface area contributed by atoms with E-state index in [2.05, 4.69) is 15.3 Å². The minimum absolute atomic E-state index is 0.376. The Morgan fingerprint density at radius 2 is 1.68 bits per heavy atom. The van der Waals surface area contributed by atoms with E-state index in [0.29, 0.717) is 21.8 Å². The van der Waals surface area contributed by atoms with Crippen LogP contribution in [-0.2, 0) is 0 Å². The van der Waals surface area contributed by atoms with Gasteiger partial charge in [-0.1, -0.05) is 65.7 Å². The Hall–Kier alpha value is -2.10. The second-order valence-electron chi connectivity index (χ2n) is 4.82. The predicted octanol–water partition coefficient (Wildman–Crippen LogP) is 5.50. The third-order valence-corrected chi connectivity index (χ3v) is 3.71. The van der Waals surface area contributed by atoms with Crippen LogP contribution in [0.5, 0.6) is 0 Å². The van der Waals surface area contributed by atoms with Gasteiger partial charge < -0.3 is 5.32 Å². The highest BCUT2D eigenvalue weighted by molar-refractivity contribution is 6.33. The third-order valence-electron chi connectivity index (χ3n) is 3.20. The number of nitrogens with one attached hydrogen (secondary N) is 1. The first-order valence-electron chi connectivity index (χ1n) is 6.75. The third kappa shape index (κ3) is 3.21. The average Bonchev–Trinajstić information content (AvgIpc) is 2.51. The van der Waals surface area contributed by atoms with Crippen molar-refractivity contribution >= 4 is 34.7 Å². The van der Waals surface area contributed by atoms with E-state index in [0.717, 1.165) is 16.8 Å². The van der Waals surface area contributed by atoms with Crippen molar-refractivity contribution in [2.75, 3.05) is 5.32 Å². The van der Waals surface area contributed by atoms with Crippen LogP contribution >= 0.6 is 23.2 Å². The molecule has 0 fully saturated rings. The monoisotopic (exact) mass is 329 g/mol. The number of para-hydroxylation sites is 1. The van der Waals surface area contributed by atoms with Crippen molar-refractivity contribution in [2.24, 2.45) is 0 Å². The van der Waals surface area contributed by atoms with Crippen LogP contribution in [0.1, 0.15) is 5.56 Å². The Balaban J connectivity index is 2.00. The van der Waals surface area contributed by atoms with Crippen LogP contribution in [0.25, 0.3) is 11.4 Å². The summed E-state index contributed by atoms with van der Waals surface area (Å²) in [6.45, 7) is 1.98. The van der Waals surface area contributed by atoms with E-state index >= 15 is 0 Å². The smallest absolute Gasteiger partial charge is 0.163 e. The molecule has 0 aliphatic heterocycles. The maximum atomic E-state index is 6.24. The van der Waals surface area contributed by atoms with Gasteiger partial charge in [-0.25, -0.2) is 9.97 Å². The van der Waals surface area contributed by atoms with E-state index in [1.807, 2.05) is 55.5 Å². The van der Waals surface area contributed by atoms with Gasteiger partial charge in [0.15, 0.2) is 5.82 Å². The molecule has 0 bridgehead atoms. The van der Waals surface area contributed by atoms with Crippen LogP contribution in [0.4, 0.5) is 11.5 Å². The quantitative estimate of drug-likeness (QED) is 0.644. The van der Waals surface area contributed by atoms with E-state index in [-0.39, 0.29) is 0 Å². The minimum Gasteiger partial charge on any atom is -0.339 e. The van der Waals surface area contributed by atoms with Gasteiger partial charge in [0.05, 0.1) is 10.7 Å². The molecule has 3 rings (SSSR count). The molecule has 0 radical (unpaired) electrons. The first kappa shape index (κ1) is 14.8. The number of nitrogens with zero attached hydrogens (tertiary/aromatic N) is 2. The number of anilines is 2. The van der Waals surface area contributed by atoms with Gasteiger partial charge in [-0.3, -0.25) is 0 Å². The zero-order valence-electron chi connectivity index (χ0n) is 11.8. The summed E-state index contributed by atoms with van der Waals surface area (Å²) in [5.41, 5.74) is 2.75. The lowest BCUT2D eigenvalue weighted by Gasteiger charge is -2.12. The molecule has 3 aromatic rings. The summed E-state index contributed by atoms with van der Waals surface area (Å²) in [4.78, 5) is 8.79. The van der Waals surface area contributed by atoms with Crippen molar-refractivity contribution in [1.82, 2.24) is 9.97 Å². The average molecular weight is 330 g/mol. The lowest BCUT2D eigenvalue weighted by atomic mass is 10.2. The van der Waals surface area contributed by atoms with Gasteiger partial charge in [-0.05, 0) is 18.6 Å². The normalized spacial score (nSPS) is 10.5. The fraction of sp³-hybridized carbons (Fsp3) is 0.0588. The molecule has 0 saturated carbocycles. The Kier molecular flexibility index (Phi) is 4.27. The minimum atomic E-state index is 0.376. The summed E-state index contributed by atoms with van der Waals surface area (Å²) in [6, 6.07) is 17.1. The molecule has 1 aromatic heterocycles. The van der Waals surface area contributed by atoms with Gasteiger partial charge >= 0.3 is 0 Å². The van der Waals surface area contributed by atoms with Crippen molar-refractivity contribution in [2.45, 2.75) is 6.92 Å². The molecule has 110 valence electrons. The number of hydrogen-bond donors (Lipinski definition) is 1. The van der Waals surface area contributed by atoms with E-state index in [4.69, 9.17) is 23.2 Å². The lowest BCUT2D eigenvalue weighted by molar-refractivity contribution is 1.17. The van der Waals surface area contributed by atoms with Crippen LogP contribution in [0.15, 0.2) is 54.6 Å². The molecular weight excluding hydrogens is 317 g/mol. The first-order chi connectivity index (χ1) is 10.6. The van der Waals surface area contributed by atoms with Gasteiger partial charge in [0.1, 0.15) is 11.0 Å². The Bertz CT molecular complexity index is 784. The zero-order valence-corrected chi connectivity index (χ0v) is 13.4. The number of benzene rings is 2. The molecule has 0 spiro atoms. The van der Waals surface area contributed by atoms with Crippen LogP contribution in [-0.4, -0.2) is 9.97 Å². The topological polar surface area (TPSA) is 37.8 Å². The largest absolute Gasteiger partial charge is 0.339 e. The number of hydrogen-bond acceptors (Lipinski definition) is 3. The fourth-order valence-electron chi connectivity index (χ4n) is 2.12. The molecule has 0 saturated heterocycles. The molecular formula is C17H13Cl2N3. The van der Waals surface area contributed by atoms with E-state index in [1.165, 1.54) is 0 Å². The highest BCUT2D eigenvalue weighted by Crippen LogP contribution is 2.29. The molecule has 3 nitrogen and oxygen atoms in total. The fourth-order valence-corrected chi connectivity index (χ4v) is 2.57. The van der Waals surface area contributed by atoms with E-state index in [9.17, 15) is 0 Å². The van der Waals surface area contributed by atoms with Gasteiger partial charge in [0, 0.05) is 11.6 Å². The SMILES string of the molecule is Cc1cccc(Cl)c1Nc1cc(Cl)nc(-c2ccccc2)n1. The summed E-state index contributed by atoms with van der Waals surface area (Å²) in [5.74, 6) is 1.18. The molecule has 22 heavy (non-hydrogen) atoms. The molecule has 0 atom stereocenters. The zero-order chi connectivity index (χ0) is 15.5. The van der Waals surface area contributed by atoms with Crippen molar-refractivity contribution < 1.29 is 0 Å². The number of aromatic nitrogens is 2. The van der Waals surface area contributed by atoms with Gasteiger partial charge in [-0.2, -0.15) is 0 Å². The molecule has 1 N–H and O–H groups in total. The summed E-state index contributed by atoms with van der Waals surface area (Å²) < 4.78 is 0. The molecule has 5 heteroatoms. The predicted molar refractivity (Wildman–Crippen MR) is 91.9 cm³/mol. The highest BCUT2D eigenvalue weighted by Gasteiger charge is 2.09. The summed E-state index contributed by atoms with van der Waals surface area (Å²) in [7, 11) is 0. The number of rotatable bonds is 3. The van der Waals surface area contributed by atoms with Crippen LogP contribution in [0.3, 0.4) is 0 Å². The van der Waals surface area contributed by atoms with Crippen molar-refractivity contribution in [3.8, 4) is 11.4 Å². The molecule has 0 amide bonds. The Labute approximate surface area is 139 Å². The summed E-state index contributed by atoms with van der Waals surface area (Å²) >= 11 is 12.4. The maximum absolute atomic E-state index is 6.24. The van der Waals surface area contributed by atoms with Gasteiger partial charge in [-0.15, -0.1) is 0 Å². The van der Waals surface area contributed by atoms with E-state index < -0.39 is 0 Å². The maximum Gasteiger partial charge on any atom is 0.163 e. The molecule has 0 aliphatic rings. The second-order valence-corrected chi connectivity index (χ2v) is 5.62. The van der Waals surface area contributed by atoms with E-state index in [1.54, 1.807) is 6.07 Å². The van der Waals surface area contributed by atoms with Crippen LogP contribution < -0.4 is 5.32 Å². The molecule has 1 heterocycles. The highest BCUT2D eigenvalue weighted by atomic mass is 35.5. The standard InChI is InChI=1S/C17H13Cl2N3/c1-11-6-5-9-13(18)16(11)21-15-10-14(19)20-17(22-15)12-7-3-2-4-8-12/h2-10H,1H3,(H,20,21,22). The van der Waals surface area contributed by atoms with Crippen LogP contribution in [0.2, 0.25) is 10.2 Å². The van der Waals surface area contributed by atoms with Crippen LogP contribution in [0, 0.1) is 6.92 Å². The van der Waals surface area contributed by atoms with Gasteiger partial charge in [0.25, 0.3) is 0 Å². The molecule has 0 unspecified atom stereocenters. The molecule has 2 aromatic carbocycles. The van der Waals surface area contributed by atoms with Gasteiger partial charge in [0.2, 0.25) is 0 Å². The van der Waals surface area contributed by atoms with Crippen molar-refractivity contribution in [3.63, 3.8) is 0 Å². The van der Waals surface area contributed by atoms with Crippen molar-refractivity contribution in [1.29, 1.82) is 0 Å². The number of halogens is 2. The number of aryl methyl sites for hydroxylation is 1. The lowest BCUT2D eigenvalue weighted by Crippen LogP contribution is -1.99.